The van der Waals surface area contributed by atoms with Gasteiger partial charge in [-0.15, -0.1) is 5.10 Å². The van der Waals surface area contributed by atoms with Crippen LogP contribution in [0.3, 0.4) is 0 Å². The average molecular weight is 403 g/mol. The summed E-state index contributed by atoms with van der Waals surface area (Å²) in [6.07, 6.45) is 0. The maximum Gasteiger partial charge on any atom is 0.263 e. The molecule has 2 aromatic carbocycles. The number of hydrogen-bond donors (Lipinski definition) is 3. The quantitative estimate of drug-likeness (QED) is 0.530. The summed E-state index contributed by atoms with van der Waals surface area (Å²) < 4.78 is 10.9. The fourth-order valence-electron chi connectivity index (χ4n) is 2.40. The van der Waals surface area contributed by atoms with E-state index >= 15 is 0 Å². The van der Waals surface area contributed by atoms with Crippen molar-refractivity contribution in [1.82, 2.24) is 20.6 Å². The lowest BCUT2D eigenvalue weighted by Crippen LogP contribution is -2.20. The molecule has 0 fully saturated rings. The fourth-order valence-corrected chi connectivity index (χ4v) is 2.69. The van der Waals surface area contributed by atoms with Crippen LogP contribution in [-0.4, -0.2) is 40.2 Å². The molecule has 1 heterocycles. The number of H-pyrrole nitrogens is 1. The Labute approximate surface area is 166 Å². The number of rotatable bonds is 8. The van der Waals surface area contributed by atoms with E-state index in [0.29, 0.717) is 34.7 Å². The lowest BCUT2D eigenvalue weighted by molar-refractivity contribution is -0.118. The number of ether oxygens (including phenoxy) is 2. The van der Waals surface area contributed by atoms with Gasteiger partial charge in [0.15, 0.2) is 18.1 Å². The third-order valence-corrected chi connectivity index (χ3v) is 4.05. The van der Waals surface area contributed by atoms with Gasteiger partial charge in [-0.1, -0.05) is 34.4 Å². The molecule has 0 aliphatic heterocycles. The Bertz CT molecular complexity index is 931. The number of halogens is 1. The first-order chi connectivity index (χ1) is 13.5. The van der Waals surface area contributed by atoms with Gasteiger partial charge in [-0.2, -0.15) is 5.21 Å². The average Bonchev–Trinajstić information content (AvgIpc) is 3.20. The summed E-state index contributed by atoms with van der Waals surface area (Å²) in [5, 5.41) is 19.5. The highest BCUT2D eigenvalue weighted by Crippen LogP contribution is 2.36. The van der Waals surface area contributed by atoms with Crippen molar-refractivity contribution < 1.29 is 14.3 Å². The van der Waals surface area contributed by atoms with Gasteiger partial charge in [0.1, 0.15) is 0 Å². The van der Waals surface area contributed by atoms with Gasteiger partial charge >= 0.3 is 0 Å². The first kappa shape index (κ1) is 19.4. The van der Waals surface area contributed by atoms with E-state index in [9.17, 15) is 4.79 Å². The molecule has 0 aliphatic carbocycles. The van der Waals surface area contributed by atoms with Crippen molar-refractivity contribution in [3.63, 3.8) is 0 Å². The van der Waals surface area contributed by atoms with E-state index in [4.69, 9.17) is 21.1 Å². The van der Waals surface area contributed by atoms with Crippen LogP contribution in [0, 0.1) is 6.92 Å². The molecule has 0 saturated heterocycles. The van der Waals surface area contributed by atoms with Crippen molar-refractivity contribution in [2.75, 3.05) is 24.4 Å². The summed E-state index contributed by atoms with van der Waals surface area (Å²) in [5.41, 5.74) is 2.63. The van der Waals surface area contributed by atoms with E-state index < -0.39 is 0 Å². The Kier molecular flexibility index (Phi) is 6.28. The number of tetrazole rings is 1. The van der Waals surface area contributed by atoms with Crippen LogP contribution in [-0.2, 0) is 11.3 Å². The SMILES string of the molecule is COc1cc(CNc2nn[nH]n2)cc(Cl)c1OCC(=O)Nc1ccc(C)cc1. The summed E-state index contributed by atoms with van der Waals surface area (Å²) >= 11 is 6.32. The predicted molar refractivity (Wildman–Crippen MR) is 105 cm³/mol. The Morgan fingerprint density at radius 1 is 1.25 bits per heavy atom. The number of aromatic amines is 1. The second-order valence-electron chi connectivity index (χ2n) is 5.90. The van der Waals surface area contributed by atoms with Gasteiger partial charge in [-0.05, 0) is 42.0 Å². The highest BCUT2D eigenvalue weighted by molar-refractivity contribution is 6.32. The molecule has 0 atom stereocenters. The van der Waals surface area contributed by atoms with Gasteiger partial charge < -0.3 is 20.1 Å². The second-order valence-corrected chi connectivity index (χ2v) is 6.31. The number of anilines is 2. The molecule has 9 nitrogen and oxygen atoms in total. The van der Waals surface area contributed by atoms with Crippen molar-refractivity contribution in [3.05, 3.63) is 52.5 Å². The molecule has 146 valence electrons. The first-order valence-electron chi connectivity index (χ1n) is 8.38. The smallest absolute Gasteiger partial charge is 0.263 e. The Morgan fingerprint density at radius 3 is 2.71 bits per heavy atom. The standard InChI is InChI=1S/C18H19ClN6O3/c1-11-3-5-13(6-4-11)21-16(26)10-28-17-14(19)7-12(8-15(17)27-2)9-20-18-22-24-25-23-18/h3-8H,9-10H2,1-2H3,(H,21,26)(H2,20,22,23,24,25). The number of hydrogen-bond acceptors (Lipinski definition) is 7. The summed E-state index contributed by atoms with van der Waals surface area (Å²) in [4.78, 5) is 12.1. The van der Waals surface area contributed by atoms with Gasteiger partial charge in [0.25, 0.3) is 11.9 Å². The summed E-state index contributed by atoms with van der Waals surface area (Å²) in [6.45, 7) is 2.18. The predicted octanol–water partition coefficient (Wildman–Crippen LogP) is 2.80. The molecule has 0 radical (unpaired) electrons. The van der Waals surface area contributed by atoms with Gasteiger partial charge in [0.05, 0.1) is 12.1 Å². The minimum absolute atomic E-state index is 0.204. The van der Waals surface area contributed by atoms with Crippen LogP contribution in [0.5, 0.6) is 11.5 Å². The van der Waals surface area contributed by atoms with Crippen molar-refractivity contribution in [3.8, 4) is 11.5 Å². The molecule has 3 aromatic rings. The molecule has 10 heteroatoms. The highest BCUT2D eigenvalue weighted by atomic mass is 35.5. The lowest BCUT2D eigenvalue weighted by Gasteiger charge is -2.14. The normalized spacial score (nSPS) is 10.4. The number of amides is 1. The van der Waals surface area contributed by atoms with Crippen molar-refractivity contribution in [2.45, 2.75) is 13.5 Å². The number of benzene rings is 2. The molecule has 28 heavy (non-hydrogen) atoms. The molecule has 1 aromatic heterocycles. The third-order valence-electron chi connectivity index (χ3n) is 3.77. The first-order valence-corrected chi connectivity index (χ1v) is 8.76. The van der Waals surface area contributed by atoms with Crippen molar-refractivity contribution in [2.24, 2.45) is 0 Å². The molecule has 1 amide bonds. The number of carbonyl (C=O) groups is 1. The Balaban J connectivity index is 1.62. The largest absolute Gasteiger partial charge is 0.493 e. The second kappa shape index (κ2) is 9.05. The maximum absolute atomic E-state index is 12.1. The number of aryl methyl sites for hydroxylation is 1. The molecule has 0 unspecified atom stereocenters. The van der Waals surface area contributed by atoms with E-state index in [1.165, 1.54) is 7.11 Å². The number of aromatic nitrogens is 4. The lowest BCUT2D eigenvalue weighted by atomic mass is 10.2. The van der Waals surface area contributed by atoms with Gasteiger partial charge in [0.2, 0.25) is 0 Å². The molecular weight excluding hydrogens is 384 g/mol. The molecular formula is C18H19ClN6O3. The van der Waals surface area contributed by atoms with E-state index in [2.05, 4.69) is 31.3 Å². The van der Waals surface area contributed by atoms with Gasteiger partial charge in [-0.25, -0.2) is 0 Å². The summed E-state index contributed by atoms with van der Waals surface area (Å²) in [5.74, 6) is 0.778. The Morgan fingerprint density at radius 2 is 2.04 bits per heavy atom. The van der Waals surface area contributed by atoms with Crippen LogP contribution in [0.1, 0.15) is 11.1 Å². The van der Waals surface area contributed by atoms with Crippen LogP contribution in [0.15, 0.2) is 36.4 Å². The van der Waals surface area contributed by atoms with Crippen LogP contribution in [0.25, 0.3) is 0 Å². The summed E-state index contributed by atoms with van der Waals surface area (Å²) in [6, 6.07) is 10.9. The maximum atomic E-state index is 12.1. The van der Waals surface area contributed by atoms with Crippen molar-refractivity contribution in [1.29, 1.82) is 0 Å². The van der Waals surface area contributed by atoms with E-state index in [1.807, 2.05) is 31.2 Å². The fraction of sp³-hybridized carbons (Fsp3) is 0.222. The van der Waals surface area contributed by atoms with E-state index in [0.717, 1.165) is 11.1 Å². The molecule has 3 rings (SSSR count). The van der Waals surface area contributed by atoms with Crippen LogP contribution < -0.4 is 20.1 Å². The third kappa shape index (κ3) is 5.10. The number of methoxy groups -OCH3 is 1. The number of nitrogens with one attached hydrogen (secondary N) is 3. The highest BCUT2D eigenvalue weighted by Gasteiger charge is 2.14. The zero-order valence-electron chi connectivity index (χ0n) is 15.3. The molecule has 0 bridgehead atoms. The monoisotopic (exact) mass is 402 g/mol. The molecule has 0 aliphatic rings. The minimum atomic E-state index is -0.301. The minimum Gasteiger partial charge on any atom is -0.493 e. The van der Waals surface area contributed by atoms with Gasteiger partial charge in [0, 0.05) is 12.2 Å². The number of nitrogens with zero attached hydrogens (tertiary/aromatic N) is 3. The number of carbonyl (C=O) groups excluding carboxylic acids is 1. The van der Waals surface area contributed by atoms with E-state index in [1.54, 1.807) is 12.1 Å². The zero-order chi connectivity index (χ0) is 19.9. The molecule has 0 saturated carbocycles. The Hall–Kier alpha value is -3.33. The van der Waals surface area contributed by atoms with E-state index in [-0.39, 0.29) is 12.5 Å². The van der Waals surface area contributed by atoms with Crippen molar-refractivity contribution >= 4 is 29.1 Å². The van der Waals surface area contributed by atoms with Crippen LogP contribution >= 0.6 is 11.6 Å². The van der Waals surface area contributed by atoms with Crippen LogP contribution in [0.4, 0.5) is 11.6 Å². The zero-order valence-corrected chi connectivity index (χ0v) is 16.1. The summed E-state index contributed by atoms with van der Waals surface area (Å²) in [7, 11) is 1.50. The molecule has 3 N–H and O–H groups in total. The molecule has 0 spiro atoms. The van der Waals surface area contributed by atoms with Crippen LogP contribution in [0.2, 0.25) is 5.02 Å². The van der Waals surface area contributed by atoms with Gasteiger partial charge in [-0.3, -0.25) is 4.79 Å². The topological polar surface area (TPSA) is 114 Å².